The molecular formula is C36H50N11O14P2S2W-. The smallest absolute Gasteiger partial charge is 0.469 e. The number of hydrogen-bond donors (Lipinski definition) is 9. The zero-order valence-electron chi connectivity index (χ0n) is 35.5. The third-order valence-corrected chi connectivity index (χ3v) is 11.2. The van der Waals surface area contributed by atoms with Crippen molar-refractivity contribution >= 4 is 91.5 Å². The van der Waals surface area contributed by atoms with Crippen molar-refractivity contribution in [2.75, 3.05) is 56.8 Å². The molecule has 6 heterocycles. The first-order chi connectivity index (χ1) is 30.7. The quantitative estimate of drug-likeness (QED) is 0.0376. The molecule has 0 bridgehead atoms. The van der Waals surface area contributed by atoms with Gasteiger partial charge in [0.2, 0.25) is 0 Å². The van der Waals surface area contributed by atoms with Gasteiger partial charge in [-0.1, -0.05) is 42.2 Å². The van der Waals surface area contributed by atoms with Crippen LogP contribution in [0.2, 0.25) is 0 Å². The molecule has 1 amide bonds. The minimum absolute atomic E-state index is 0. The monoisotopic (exact) mass is 1170 g/mol. The summed E-state index contributed by atoms with van der Waals surface area (Å²) in [6, 6.07) is 8.50. The maximum absolute atomic E-state index is 12.3. The summed E-state index contributed by atoms with van der Waals surface area (Å²) in [7, 11) is -3.02. The first kappa shape index (κ1) is 56.6. The molecule has 3 aromatic heterocycles. The van der Waals surface area contributed by atoms with Gasteiger partial charge in [-0.3, -0.25) is 23.4 Å². The Morgan fingerprint density at radius 1 is 1.08 bits per heavy atom. The molecule has 362 valence electrons. The first-order valence-electron chi connectivity index (χ1n) is 19.3. The van der Waals surface area contributed by atoms with E-state index in [-0.39, 0.29) is 77.5 Å². The summed E-state index contributed by atoms with van der Waals surface area (Å²) >= 11 is 6.38. The molecule has 3 aliphatic rings. The van der Waals surface area contributed by atoms with Crippen LogP contribution < -0.4 is 27.8 Å². The van der Waals surface area contributed by atoms with E-state index in [1.54, 1.807) is 19.3 Å². The van der Waals surface area contributed by atoms with Crippen molar-refractivity contribution in [3.63, 3.8) is 0 Å². The van der Waals surface area contributed by atoms with Crippen molar-refractivity contribution in [2.24, 2.45) is 5.73 Å². The molecule has 0 saturated carbocycles. The number of thiocarbonyl (C=S) groups is 1. The van der Waals surface area contributed by atoms with Crippen LogP contribution in [0.3, 0.4) is 0 Å². The van der Waals surface area contributed by atoms with Gasteiger partial charge >= 0.3 is 22.1 Å². The predicted molar refractivity (Wildman–Crippen MR) is 243 cm³/mol. The normalized spacial score (nSPS) is 21.3. The topological polar surface area (TPSA) is 373 Å². The second kappa shape index (κ2) is 26.7. The number of aliphatic hydroxyl groups is 2. The number of fused-ring (bicyclic) bond motifs is 1. The number of hydrogen-bond acceptors (Lipinski definition) is 22. The first-order valence-corrected chi connectivity index (χ1v) is 23.2. The molecular weight excluding hydrogens is 1120 g/mol. The minimum Gasteiger partial charge on any atom is -0.540 e. The number of aliphatic hydroxyl groups excluding tert-OH is 2. The van der Waals surface area contributed by atoms with Crippen LogP contribution in [0.25, 0.3) is 17.2 Å². The number of benzene rings is 1. The number of phosphoric acid groups is 1. The number of nitrogens with zero attached hydrogens (tertiary/aromatic N) is 8. The van der Waals surface area contributed by atoms with Gasteiger partial charge in [0.1, 0.15) is 34.3 Å². The van der Waals surface area contributed by atoms with Gasteiger partial charge in [-0.05, 0) is 49.6 Å². The van der Waals surface area contributed by atoms with Crippen molar-refractivity contribution in [2.45, 2.75) is 63.0 Å². The fraction of sp³-hybridized carbons (Fsp3) is 0.444. The summed E-state index contributed by atoms with van der Waals surface area (Å²) in [6.07, 6.45) is 6.07. The van der Waals surface area contributed by atoms with Crippen molar-refractivity contribution in [3.8, 4) is 0 Å². The largest absolute Gasteiger partial charge is 0.540 e. The Morgan fingerprint density at radius 2 is 1.76 bits per heavy atom. The van der Waals surface area contributed by atoms with E-state index in [0.717, 1.165) is 11.3 Å². The van der Waals surface area contributed by atoms with Gasteiger partial charge < -0.3 is 70.7 Å². The average molecular weight is 1170 g/mol. The van der Waals surface area contributed by atoms with Gasteiger partial charge in [0.15, 0.2) is 17.7 Å². The summed E-state index contributed by atoms with van der Waals surface area (Å²) in [5, 5.41) is 17.7. The van der Waals surface area contributed by atoms with Crippen molar-refractivity contribution in [3.05, 3.63) is 70.1 Å². The molecule has 66 heavy (non-hydrogen) atoms. The molecule has 0 aliphatic carbocycles. The van der Waals surface area contributed by atoms with E-state index < -0.39 is 52.8 Å². The number of thioether (sulfide) groups is 1. The van der Waals surface area contributed by atoms with Gasteiger partial charge in [-0.15, -0.1) is 0 Å². The number of nitrogens with two attached hydrogens (primary N) is 3. The van der Waals surface area contributed by atoms with E-state index in [4.69, 9.17) is 63.6 Å². The number of aromatic nitrogens is 6. The molecule has 25 nitrogen and oxygen atoms in total. The summed E-state index contributed by atoms with van der Waals surface area (Å²) in [5.41, 5.74) is 18.9. The van der Waals surface area contributed by atoms with E-state index >= 15 is 0 Å². The molecule has 3 aliphatic heterocycles. The summed E-state index contributed by atoms with van der Waals surface area (Å²) in [6.45, 7) is 1.75. The number of phosphoric ester groups is 1. The molecule has 0 radical (unpaired) electrons. The van der Waals surface area contributed by atoms with E-state index in [9.17, 15) is 24.1 Å². The Labute approximate surface area is 402 Å². The van der Waals surface area contributed by atoms with Gasteiger partial charge in [0, 0.05) is 66.6 Å². The van der Waals surface area contributed by atoms with Gasteiger partial charge in [-0.2, -0.15) is 4.98 Å². The van der Waals surface area contributed by atoms with Crippen molar-refractivity contribution in [1.29, 1.82) is 0 Å². The Kier molecular flexibility index (Phi) is 22.9. The molecule has 30 heteroatoms. The number of anilines is 3. The number of carbonyl (C=O) groups is 1. The average Bonchev–Trinajstić information content (AvgIpc) is 4.04. The number of carbonyl (C=O) groups excluding carboxylic acids is 2. The van der Waals surface area contributed by atoms with Crippen LogP contribution in [0.5, 0.6) is 0 Å². The molecule has 1 aromatic carbocycles. The van der Waals surface area contributed by atoms with Crippen LogP contribution in [0.4, 0.5) is 17.3 Å². The van der Waals surface area contributed by atoms with Gasteiger partial charge in [-0.25, -0.2) is 30.6 Å². The van der Waals surface area contributed by atoms with E-state index in [1.807, 2.05) is 43.3 Å². The van der Waals surface area contributed by atoms with E-state index in [2.05, 4.69) is 29.0 Å². The Bertz CT molecular complexity index is 2360. The summed E-state index contributed by atoms with van der Waals surface area (Å²) < 4.78 is 34.2. The van der Waals surface area contributed by atoms with Gasteiger partial charge in [0.05, 0.1) is 36.7 Å². The molecule has 7 rings (SSSR count). The maximum Gasteiger partial charge on any atom is 0.469 e. The fourth-order valence-corrected chi connectivity index (χ4v) is 7.98. The maximum atomic E-state index is 12.3. The second-order valence-corrected chi connectivity index (χ2v) is 17.7. The van der Waals surface area contributed by atoms with Crippen LogP contribution in [-0.4, -0.2) is 145 Å². The number of rotatable bonds is 13. The third kappa shape index (κ3) is 16.8. The van der Waals surface area contributed by atoms with Crippen molar-refractivity contribution in [1.82, 2.24) is 34.0 Å². The molecule has 0 spiro atoms. The Balaban J connectivity index is 0.000000254. The Morgan fingerprint density at radius 3 is 2.36 bits per heavy atom. The molecule has 5 unspecified atom stereocenters. The number of imidazole rings is 1. The zero-order valence-corrected chi connectivity index (χ0v) is 41.8. The number of amides is 1. The molecule has 12 N–H and O–H groups in total. The molecule has 3 saturated heterocycles. The minimum atomic E-state index is -4.58. The van der Waals surface area contributed by atoms with Crippen LogP contribution in [0, 0.1) is 0 Å². The number of nitrogen functional groups attached to an aromatic ring is 2. The molecule has 6 atom stereocenters. The van der Waals surface area contributed by atoms with Gasteiger partial charge in [0.25, 0.3) is 5.91 Å². The number of ether oxygens (including phenoxy) is 2. The van der Waals surface area contributed by atoms with Crippen LogP contribution in [-0.2, 0) is 53.7 Å². The standard InChI is InChI=1S/C15H16N3O2S2.C10H14N5O6P.C9H14N3O5P.C2H6O.W/c1-17(2)12-5-3-10(4-6-12)7-13-14(20)18(15(21)22-13)8-11(16)9-19;11-8-7-9(13-3-12-8)15(4-14-7)10-6(16)1-5(21-10)2-20-22(17,18)19;10-7-3-4-12(9(13)11-7)8-2-1-6(17-8)5-16-18(14)15;1-2-3;/h3-7,11H,8,16H2,1-2H3;3-6,10,16H,1-2H2,(H2,11,12,13)(H2,17,18,19);3-4,6,8,14-15H,1-2,5H2,(H2,10,11,13);3H,2H2,1H3;/q-1;;;;/b13-7+;;;;/t;5?,6-,10?;;;/m.1.../s1. The van der Waals surface area contributed by atoms with E-state index in [1.165, 1.54) is 50.7 Å². The summed E-state index contributed by atoms with van der Waals surface area (Å²) in [5.74, 6) is 0.148. The fourth-order valence-electron chi connectivity index (χ4n) is 6.04. The van der Waals surface area contributed by atoms with Crippen LogP contribution >= 0.6 is 40.4 Å². The Hall–Kier alpha value is -3.72. The zero-order chi connectivity index (χ0) is 48.0. The SMILES string of the molecule is CCO.CN(C)c1ccc(/C=C2/SC(=S)N(CC(N)[C-]=O)C2=O)cc1.Nc1ccn(C2CCC(COP(O)O)O2)c(=O)n1.Nc1ncnc2c1ncn2C1OC(COP(=O)(O)O)C[C@H]1O.[W]. The third-order valence-electron chi connectivity index (χ3n) is 8.99. The van der Waals surface area contributed by atoms with E-state index in [0.29, 0.717) is 33.2 Å². The molecule has 3 fully saturated rings. The predicted octanol–water partition coefficient (Wildman–Crippen LogP) is 0.284. The van der Waals surface area contributed by atoms with Crippen LogP contribution in [0.1, 0.15) is 44.2 Å². The summed E-state index contributed by atoms with van der Waals surface area (Å²) in [4.78, 5) is 88.5. The second-order valence-electron chi connectivity index (χ2n) is 14.0. The van der Waals surface area contributed by atoms with Crippen LogP contribution in [0.15, 0.2) is 58.9 Å². The molecule has 4 aromatic rings. The van der Waals surface area contributed by atoms with Crippen molar-refractivity contribution < 1.29 is 83.5 Å².